The Bertz CT molecular complexity index is 926. The van der Waals surface area contributed by atoms with Crippen LogP contribution in [0.2, 0.25) is 0 Å². The van der Waals surface area contributed by atoms with Crippen LogP contribution in [0.5, 0.6) is 5.75 Å². The van der Waals surface area contributed by atoms with E-state index in [1.165, 1.54) is 4.90 Å². The molecule has 1 heterocycles. The van der Waals surface area contributed by atoms with Gasteiger partial charge in [-0.3, -0.25) is 9.59 Å². The molecule has 1 atom stereocenters. The molecule has 0 bridgehead atoms. The number of hydrogen-bond acceptors (Lipinski definition) is 6. The fraction of sp³-hybridized carbons (Fsp3) is 0.200. The Balaban J connectivity index is 1.69. The van der Waals surface area contributed by atoms with Gasteiger partial charge in [0.2, 0.25) is 11.8 Å². The first kappa shape index (κ1) is 19.6. The number of methoxy groups -OCH3 is 1. The second-order valence-electron chi connectivity index (χ2n) is 6.07. The summed E-state index contributed by atoms with van der Waals surface area (Å²) in [5.74, 6) is 0.0586. The topological polar surface area (TPSA) is 97.3 Å². The molecule has 0 spiro atoms. The van der Waals surface area contributed by atoms with Crippen LogP contribution in [0.4, 0.5) is 5.69 Å². The minimum Gasteiger partial charge on any atom is -0.497 e. The van der Waals surface area contributed by atoms with E-state index in [9.17, 15) is 9.59 Å². The van der Waals surface area contributed by atoms with E-state index in [1.807, 2.05) is 37.3 Å². The predicted molar refractivity (Wildman–Crippen MR) is 112 cm³/mol. The third-order valence-corrected chi connectivity index (χ3v) is 5.16. The Hall–Kier alpha value is -3.13. The number of hydrogen-bond donors (Lipinski definition) is 1. The minimum absolute atomic E-state index is 0.0626. The Morgan fingerprint density at radius 1 is 1.11 bits per heavy atom. The van der Waals surface area contributed by atoms with E-state index in [-0.39, 0.29) is 23.4 Å². The van der Waals surface area contributed by atoms with Gasteiger partial charge in [0.05, 0.1) is 18.5 Å². The number of benzene rings is 2. The van der Waals surface area contributed by atoms with Crippen molar-refractivity contribution in [1.82, 2.24) is 0 Å². The molecule has 28 heavy (non-hydrogen) atoms. The number of nitrogens with two attached hydrogens (primary N) is 1. The summed E-state index contributed by atoms with van der Waals surface area (Å²) in [6.07, 6.45) is 0.0626. The first-order valence-electron chi connectivity index (χ1n) is 8.60. The lowest BCUT2D eigenvalue weighted by Gasteiger charge is -2.15. The monoisotopic (exact) mass is 396 g/mol. The molecule has 1 saturated heterocycles. The summed E-state index contributed by atoms with van der Waals surface area (Å²) in [7, 11) is 1.55. The van der Waals surface area contributed by atoms with Crippen molar-refractivity contribution in [3.8, 4) is 5.75 Å². The van der Waals surface area contributed by atoms with E-state index in [0.29, 0.717) is 17.1 Å². The smallest absolute Gasteiger partial charge is 0.247 e. The van der Waals surface area contributed by atoms with Crippen molar-refractivity contribution in [2.75, 3.05) is 12.0 Å². The minimum atomic E-state index is -0.620. The van der Waals surface area contributed by atoms with Gasteiger partial charge in [-0.25, -0.2) is 4.90 Å². The van der Waals surface area contributed by atoms with Crippen LogP contribution in [0.3, 0.4) is 0 Å². The molecular formula is C20H20N4O3S. The summed E-state index contributed by atoms with van der Waals surface area (Å²) in [5.41, 5.74) is 8.06. The van der Waals surface area contributed by atoms with Crippen LogP contribution < -0.4 is 15.4 Å². The lowest BCUT2D eigenvalue weighted by molar-refractivity contribution is -0.121. The lowest BCUT2D eigenvalue weighted by atomic mass is 10.1. The molecule has 3 rings (SSSR count). The van der Waals surface area contributed by atoms with E-state index in [1.54, 1.807) is 31.4 Å². The van der Waals surface area contributed by atoms with Crippen molar-refractivity contribution in [2.45, 2.75) is 18.6 Å². The zero-order valence-corrected chi connectivity index (χ0v) is 16.3. The maximum Gasteiger partial charge on any atom is 0.247 e. The second kappa shape index (κ2) is 8.71. The molecule has 0 aromatic heterocycles. The van der Waals surface area contributed by atoms with Gasteiger partial charge in [-0.15, -0.1) is 5.10 Å². The van der Waals surface area contributed by atoms with Crippen LogP contribution in [0, 0.1) is 0 Å². The third kappa shape index (κ3) is 4.40. The van der Waals surface area contributed by atoms with Crippen molar-refractivity contribution in [1.29, 1.82) is 0 Å². The normalized spacial score (nSPS) is 17.9. The van der Waals surface area contributed by atoms with Gasteiger partial charge in [-0.05, 0) is 36.8 Å². The number of carbonyl (C=O) groups is 2. The fourth-order valence-corrected chi connectivity index (χ4v) is 3.54. The Labute approximate surface area is 167 Å². The van der Waals surface area contributed by atoms with Gasteiger partial charge in [-0.1, -0.05) is 42.1 Å². The molecule has 144 valence electrons. The summed E-state index contributed by atoms with van der Waals surface area (Å²) in [4.78, 5) is 26.2. The number of nitrogens with zero attached hydrogens (tertiary/aromatic N) is 3. The van der Waals surface area contributed by atoms with Crippen molar-refractivity contribution in [3.63, 3.8) is 0 Å². The van der Waals surface area contributed by atoms with Crippen LogP contribution in [0.15, 0.2) is 64.8 Å². The van der Waals surface area contributed by atoms with Gasteiger partial charge in [0.15, 0.2) is 5.17 Å². The van der Waals surface area contributed by atoms with E-state index < -0.39 is 5.25 Å². The average Bonchev–Trinajstić information content (AvgIpc) is 2.99. The number of imide groups is 1. The lowest BCUT2D eigenvalue weighted by Crippen LogP contribution is -2.31. The van der Waals surface area contributed by atoms with Crippen LogP contribution in [-0.4, -0.2) is 35.1 Å². The van der Waals surface area contributed by atoms with Crippen LogP contribution in [0.25, 0.3) is 0 Å². The highest BCUT2D eigenvalue weighted by Crippen LogP contribution is 2.30. The number of ether oxygens (including phenoxy) is 1. The van der Waals surface area contributed by atoms with Gasteiger partial charge in [-0.2, -0.15) is 5.10 Å². The van der Waals surface area contributed by atoms with Crippen LogP contribution >= 0.6 is 11.8 Å². The average molecular weight is 396 g/mol. The molecule has 1 aliphatic rings. The van der Waals surface area contributed by atoms with Gasteiger partial charge >= 0.3 is 0 Å². The van der Waals surface area contributed by atoms with Gasteiger partial charge in [0.25, 0.3) is 0 Å². The molecule has 7 nitrogen and oxygen atoms in total. The molecule has 0 saturated carbocycles. The summed E-state index contributed by atoms with van der Waals surface area (Å²) < 4.78 is 5.10. The highest BCUT2D eigenvalue weighted by Gasteiger charge is 2.40. The fourth-order valence-electron chi connectivity index (χ4n) is 2.73. The van der Waals surface area contributed by atoms with Crippen molar-refractivity contribution < 1.29 is 14.3 Å². The second-order valence-corrected chi connectivity index (χ2v) is 7.29. The molecule has 0 aliphatic carbocycles. The number of amidine groups is 1. The molecule has 8 heteroatoms. The molecule has 2 aromatic carbocycles. The quantitative estimate of drug-likeness (QED) is 0.363. The molecule has 1 aliphatic heterocycles. The summed E-state index contributed by atoms with van der Waals surface area (Å²) in [6, 6.07) is 16.3. The first-order valence-corrected chi connectivity index (χ1v) is 9.48. The molecule has 1 fully saturated rings. The van der Waals surface area contributed by atoms with E-state index in [0.717, 1.165) is 17.3 Å². The summed E-state index contributed by atoms with van der Waals surface area (Å²) in [5, 5.41) is 7.62. The van der Waals surface area contributed by atoms with E-state index in [4.69, 9.17) is 10.5 Å². The number of anilines is 1. The molecule has 2 amide bonds. The summed E-state index contributed by atoms with van der Waals surface area (Å²) in [6.45, 7) is 1.83. The van der Waals surface area contributed by atoms with Crippen LogP contribution in [0.1, 0.15) is 18.9 Å². The van der Waals surface area contributed by atoms with Crippen LogP contribution in [-0.2, 0) is 9.59 Å². The Morgan fingerprint density at radius 3 is 2.43 bits per heavy atom. The van der Waals surface area contributed by atoms with Gasteiger partial charge in [0, 0.05) is 6.42 Å². The number of amides is 2. The molecular weight excluding hydrogens is 376 g/mol. The zero-order valence-electron chi connectivity index (χ0n) is 15.5. The standard InChI is InChI=1S/C20H20N4O3S/c1-13(14-6-4-3-5-7-14)22-23-20(21)28-17-12-18(25)24(19(17)26)15-8-10-16(27-2)11-9-15/h3-11,17H,12H2,1-2H3,(H2,21,23)/b22-13-/t17-/m1/s1. The molecule has 2 N–H and O–H groups in total. The SMILES string of the molecule is COc1ccc(N2C(=O)C[C@@H](SC(N)=N/N=C(/C)c3ccccc3)C2=O)cc1. The zero-order chi connectivity index (χ0) is 20.1. The van der Waals surface area contributed by atoms with E-state index >= 15 is 0 Å². The van der Waals surface area contributed by atoms with Gasteiger partial charge < -0.3 is 10.5 Å². The van der Waals surface area contributed by atoms with E-state index in [2.05, 4.69) is 10.2 Å². The molecule has 2 aromatic rings. The third-order valence-electron chi connectivity index (χ3n) is 4.19. The number of rotatable bonds is 5. The predicted octanol–water partition coefficient (Wildman–Crippen LogP) is 2.80. The number of thioether (sulfide) groups is 1. The maximum atomic E-state index is 12.7. The van der Waals surface area contributed by atoms with Crippen molar-refractivity contribution >= 4 is 40.1 Å². The Kier molecular flexibility index (Phi) is 6.10. The number of carbonyl (C=O) groups excluding carboxylic acids is 2. The molecule has 0 radical (unpaired) electrons. The summed E-state index contributed by atoms with van der Waals surface area (Å²) >= 11 is 1.05. The maximum absolute atomic E-state index is 12.7. The molecule has 0 unspecified atom stereocenters. The largest absolute Gasteiger partial charge is 0.497 e. The Morgan fingerprint density at radius 2 is 1.79 bits per heavy atom. The van der Waals surface area contributed by atoms with Crippen molar-refractivity contribution in [2.24, 2.45) is 15.9 Å². The highest BCUT2D eigenvalue weighted by atomic mass is 32.2. The first-order chi connectivity index (χ1) is 13.5. The van der Waals surface area contributed by atoms with Gasteiger partial charge in [0.1, 0.15) is 11.0 Å². The highest BCUT2D eigenvalue weighted by molar-refractivity contribution is 8.14. The van der Waals surface area contributed by atoms with Crippen molar-refractivity contribution in [3.05, 3.63) is 60.2 Å².